The summed E-state index contributed by atoms with van der Waals surface area (Å²) in [5, 5.41) is 5.94. The molecule has 0 heterocycles. The fourth-order valence-electron chi connectivity index (χ4n) is 4.18. The summed E-state index contributed by atoms with van der Waals surface area (Å²) in [6.07, 6.45) is 9.89. The first kappa shape index (κ1) is 15.8. The van der Waals surface area contributed by atoms with Crippen molar-refractivity contribution in [2.75, 3.05) is 5.32 Å². The van der Waals surface area contributed by atoms with Crippen LogP contribution in [0.2, 0.25) is 0 Å². The van der Waals surface area contributed by atoms with E-state index in [1.807, 2.05) is 0 Å². The van der Waals surface area contributed by atoms with Gasteiger partial charge in [-0.05, 0) is 61.4 Å². The van der Waals surface area contributed by atoms with E-state index in [1.165, 1.54) is 44.6 Å². The Morgan fingerprint density at radius 2 is 1.74 bits per heavy atom. The number of hydrogen-bond acceptors (Lipinski definition) is 2. The first-order chi connectivity index (χ1) is 11.1. The van der Waals surface area contributed by atoms with Crippen molar-refractivity contribution in [3.05, 3.63) is 42.5 Å². The minimum absolute atomic E-state index is 0.00947. The van der Waals surface area contributed by atoms with Crippen LogP contribution >= 0.6 is 0 Å². The van der Waals surface area contributed by atoms with Crippen molar-refractivity contribution in [2.24, 2.45) is 5.41 Å². The Hall–Kier alpha value is -2.10. The van der Waals surface area contributed by atoms with Gasteiger partial charge in [0.05, 0.1) is 0 Å². The molecule has 0 radical (unpaired) electrons. The van der Waals surface area contributed by atoms with Gasteiger partial charge in [0.1, 0.15) is 0 Å². The molecule has 2 aliphatic rings. The lowest BCUT2D eigenvalue weighted by molar-refractivity contribution is -0.111. The highest BCUT2D eigenvalue weighted by atomic mass is 16.2. The standard InChI is InChI=1S/C19H24N2O2/c1-2-17(22)20-15-9-7-14(8-10-15)18(23)21-16-6-5-13-19(16)11-3-4-12-19/h2,7-10,16H,1,3-6,11-13H2,(H,20,22)(H,21,23). The molecule has 1 aromatic carbocycles. The van der Waals surface area contributed by atoms with Gasteiger partial charge in [-0.15, -0.1) is 0 Å². The molecule has 0 aromatic heterocycles. The second-order valence-corrected chi connectivity index (χ2v) is 6.76. The fourth-order valence-corrected chi connectivity index (χ4v) is 4.18. The van der Waals surface area contributed by atoms with E-state index in [0.29, 0.717) is 22.7 Å². The lowest BCUT2D eigenvalue weighted by Crippen LogP contribution is -2.43. The third kappa shape index (κ3) is 3.31. The number of hydrogen-bond donors (Lipinski definition) is 2. The summed E-state index contributed by atoms with van der Waals surface area (Å²) in [5.74, 6) is -0.263. The molecule has 4 nitrogen and oxygen atoms in total. The van der Waals surface area contributed by atoms with E-state index in [9.17, 15) is 9.59 Å². The summed E-state index contributed by atoms with van der Waals surface area (Å²) < 4.78 is 0. The highest BCUT2D eigenvalue weighted by molar-refractivity contribution is 5.99. The third-order valence-corrected chi connectivity index (χ3v) is 5.41. The zero-order valence-corrected chi connectivity index (χ0v) is 13.4. The van der Waals surface area contributed by atoms with Crippen LogP contribution in [0.5, 0.6) is 0 Å². The van der Waals surface area contributed by atoms with Crippen LogP contribution in [0.15, 0.2) is 36.9 Å². The maximum absolute atomic E-state index is 12.5. The maximum Gasteiger partial charge on any atom is 0.251 e. The van der Waals surface area contributed by atoms with Gasteiger partial charge in [0.15, 0.2) is 0 Å². The fraction of sp³-hybridized carbons (Fsp3) is 0.474. The van der Waals surface area contributed by atoms with Crippen molar-refractivity contribution in [3.63, 3.8) is 0 Å². The predicted octanol–water partition coefficient (Wildman–Crippen LogP) is 3.65. The number of amides is 2. The Labute approximate surface area is 137 Å². The smallest absolute Gasteiger partial charge is 0.251 e. The zero-order chi connectivity index (χ0) is 16.3. The first-order valence-electron chi connectivity index (χ1n) is 8.47. The van der Waals surface area contributed by atoms with Crippen LogP contribution in [0.25, 0.3) is 0 Å². The lowest BCUT2D eigenvalue weighted by atomic mass is 9.81. The summed E-state index contributed by atoms with van der Waals surface area (Å²) in [6.45, 7) is 3.42. The summed E-state index contributed by atoms with van der Waals surface area (Å²) in [4.78, 5) is 23.8. The van der Waals surface area contributed by atoms with Gasteiger partial charge in [-0.3, -0.25) is 9.59 Å². The molecule has 1 atom stereocenters. The highest BCUT2D eigenvalue weighted by Crippen LogP contribution is 2.50. The molecule has 0 saturated heterocycles. The molecule has 2 amide bonds. The molecule has 2 saturated carbocycles. The number of carbonyl (C=O) groups excluding carboxylic acids is 2. The zero-order valence-electron chi connectivity index (χ0n) is 13.4. The monoisotopic (exact) mass is 312 g/mol. The Morgan fingerprint density at radius 1 is 1.09 bits per heavy atom. The average Bonchev–Trinajstić information content (AvgIpc) is 3.19. The van der Waals surface area contributed by atoms with Gasteiger partial charge in [-0.2, -0.15) is 0 Å². The van der Waals surface area contributed by atoms with Gasteiger partial charge in [-0.25, -0.2) is 0 Å². The van der Waals surface area contributed by atoms with Gasteiger partial charge >= 0.3 is 0 Å². The molecule has 1 unspecified atom stereocenters. The third-order valence-electron chi connectivity index (χ3n) is 5.41. The first-order valence-corrected chi connectivity index (χ1v) is 8.47. The van der Waals surface area contributed by atoms with E-state index in [1.54, 1.807) is 24.3 Å². The topological polar surface area (TPSA) is 58.2 Å². The van der Waals surface area contributed by atoms with E-state index in [2.05, 4.69) is 17.2 Å². The molecule has 2 N–H and O–H groups in total. The second-order valence-electron chi connectivity index (χ2n) is 6.76. The average molecular weight is 312 g/mol. The Kier molecular flexibility index (Phi) is 4.51. The SMILES string of the molecule is C=CC(=O)Nc1ccc(C(=O)NC2CCCC23CCCC3)cc1. The molecule has 1 aromatic rings. The molecule has 23 heavy (non-hydrogen) atoms. The van der Waals surface area contributed by atoms with Gasteiger partial charge in [-0.1, -0.05) is 25.8 Å². The number of anilines is 1. The molecule has 122 valence electrons. The van der Waals surface area contributed by atoms with Crippen LogP contribution in [-0.2, 0) is 4.79 Å². The van der Waals surface area contributed by atoms with Gasteiger partial charge in [0.2, 0.25) is 5.91 Å². The van der Waals surface area contributed by atoms with E-state index in [4.69, 9.17) is 0 Å². The van der Waals surface area contributed by atoms with Crippen molar-refractivity contribution in [2.45, 2.75) is 51.0 Å². The maximum atomic E-state index is 12.5. The Balaban J connectivity index is 1.64. The predicted molar refractivity (Wildman–Crippen MR) is 91.3 cm³/mol. The van der Waals surface area contributed by atoms with Crippen molar-refractivity contribution < 1.29 is 9.59 Å². The lowest BCUT2D eigenvalue weighted by Gasteiger charge is -2.31. The molecule has 2 aliphatic carbocycles. The molecular weight excluding hydrogens is 288 g/mol. The van der Waals surface area contributed by atoms with Crippen molar-refractivity contribution >= 4 is 17.5 Å². The second kappa shape index (κ2) is 6.57. The van der Waals surface area contributed by atoms with Crippen LogP contribution in [0.3, 0.4) is 0 Å². The molecule has 1 spiro atoms. The van der Waals surface area contributed by atoms with Crippen LogP contribution in [0, 0.1) is 5.41 Å². The van der Waals surface area contributed by atoms with E-state index in [-0.39, 0.29) is 11.8 Å². The molecule has 4 heteroatoms. The van der Waals surface area contributed by atoms with Crippen LogP contribution < -0.4 is 10.6 Å². The van der Waals surface area contributed by atoms with Gasteiger partial charge in [0, 0.05) is 17.3 Å². The van der Waals surface area contributed by atoms with Gasteiger partial charge < -0.3 is 10.6 Å². The number of carbonyl (C=O) groups is 2. The Bertz CT molecular complexity index is 595. The molecule has 2 fully saturated rings. The molecular formula is C19H24N2O2. The van der Waals surface area contributed by atoms with Crippen molar-refractivity contribution in [1.82, 2.24) is 5.32 Å². The largest absolute Gasteiger partial charge is 0.349 e. The minimum atomic E-state index is -0.253. The highest BCUT2D eigenvalue weighted by Gasteiger charge is 2.45. The normalized spacial score (nSPS) is 22.0. The van der Waals surface area contributed by atoms with Crippen LogP contribution in [0.1, 0.15) is 55.3 Å². The number of rotatable bonds is 4. The van der Waals surface area contributed by atoms with E-state index in [0.717, 1.165) is 6.42 Å². The van der Waals surface area contributed by atoms with Gasteiger partial charge in [0.25, 0.3) is 5.91 Å². The summed E-state index contributed by atoms with van der Waals surface area (Å²) >= 11 is 0. The van der Waals surface area contributed by atoms with E-state index < -0.39 is 0 Å². The van der Waals surface area contributed by atoms with Crippen molar-refractivity contribution in [1.29, 1.82) is 0 Å². The quantitative estimate of drug-likeness (QED) is 0.834. The molecule has 0 aliphatic heterocycles. The molecule has 3 rings (SSSR count). The summed E-state index contributed by atoms with van der Waals surface area (Å²) in [6, 6.07) is 7.32. The Morgan fingerprint density at radius 3 is 2.39 bits per heavy atom. The molecule has 0 bridgehead atoms. The van der Waals surface area contributed by atoms with E-state index >= 15 is 0 Å². The number of nitrogens with one attached hydrogen (secondary N) is 2. The summed E-state index contributed by atoms with van der Waals surface area (Å²) in [5.41, 5.74) is 1.66. The summed E-state index contributed by atoms with van der Waals surface area (Å²) in [7, 11) is 0. The van der Waals surface area contributed by atoms with Crippen LogP contribution in [0.4, 0.5) is 5.69 Å². The minimum Gasteiger partial charge on any atom is -0.349 e. The number of benzene rings is 1. The van der Waals surface area contributed by atoms with Crippen molar-refractivity contribution in [3.8, 4) is 0 Å². The van der Waals surface area contributed by atoms with Crippen LogP contribution in [-0.4, -0.2) is 17.9 Å².